The molecule has 0 aliphatic heterocycles. The van der Waals surface area contributed by atoms with Crippen LogP contribution >= 0.6 is 0 Å². The third kappa shape index (κ3) is 1.96. The van der Waals surface area contributed by atoms with Gasteiger partial charge in [-0.15, -0.1) is 0 Å². The van der Waals surface area contributed by atoms with Crippen molar-refractivity contribution >= 4 is 27.8 Å². The minimum atomic E-state index is -0.111. The first-order chi connectivity index (χ1) is 9.19. The van der Waals surface area contributed by atoms with Gasteiger partial charge >= 0.3 is 0 Å². The number of hydrogen-bond donors (Lipinski definition) is 4. The summed E-state index contributed by atoms with van der Waals surface area (Å²) in [5.41, 5.74) is 1.58. The summed E-state index contributed by atoms with van der Waals surface area (Å²) in [6, 6.07) is 4.98. The van der Waals surface area contributed by atoms with E-state index in [1.165, 1.54) is 6.33 Å². The molecule has 6 heteroatoms. The minimum absolute atomic E-state index is 0.0130. The molecule has 0 saturated heterocycles. The van der Waals surface area contributed by atoms with Gasteiger partial charge in [0.05, 0.1) is 12.0 Å². The number of rotatable bonds is 3. The third-order valence-corrected chi connectivity index (χ3v) is 3.03. The van der Waals surface area contributed by atoms with Crippen LogP contribution in [0.4, 0.5) is 5.82 Å². The summed E-state index contributed by atoms with van der Waals surface area (Å²) < 4.78 is 0. The first-order valence-corrected chi connectivity index (χ1v) is 6.02. The Labute approximate surface area is 109 Å². The molecule has 0 saturated carbocycles. The Morgan fingerprint density at radius 2 is 2.21 bits per heavy atom. The maximum absolute atomic E-state index is 9.61. The van der Waals surface area contributed by atoms with Crippen molar-refractivity contribution in [2.45, 2.75) is 13.0 Å². The van der Waals surface area contributed by atoms with Gasteiger partial charge in [0, 0.05) is 16.9 Å². The van der Waals surface area contributed by atoms with Gasteiger partial charge in [0.2, 0.25) is 0 Å². The number of anilines is 1. The van der Waals surface area contributed by atoms with E-state index in [0.29, 0.717) is 11.5 Å². The lowest BCUT2D eigenvalue weighted by molar-refractivity contribution is 0.281. The highest BCUT2D eigenvalue weighted by Gasteiger charge is 2.12. The number of phenolic OH excluding ortho intramolecular Hbond substituents is 1. The van der Waals surface area contributed by atoms with Gasteiger partial charge in [0.15, 0.2) is 0 Å². The molecule has 0 fully saturated rings. The summed E-state index contributed by atoms with van der Waals surface area (Å²) in [6.07, 6.45) is 1.46. The number of phenols is 1. The smallest absolute Gasteiger partial charge is 0.143 e. The Morgan fingerprint density at radius 3 is 3.00 bits per heavy atom. The second-order valence-corrected chi connectivity index (χ2v) is 4.53. The van der Waals surface area contributed by atoms with Gasteiger partial charge in [-0.25, -0.2) is 9.97 Å². The van der Waals surface area contributed by atoms with E-state index in [1.807, 2.05) is 6.92 Å². The van der Waals surface area contributed by atoms with Crippen molar-refractivity contribution in [1.29, 1.82) is 0 Å². The number of aromatic amines is 1. The molecule has 3 aromatic rings. The first kappa shape index (κ1) is 11.7. The van der Waals surface area contributed by atoms with Crippen LogP contribution in [-0.2, 0) is 0 Å². The maximum Gasteiger partial charge on any atom is 0.143 e. The topological polar surface area (TPSA) is 94.1 Å². The molecule has 19 heavy (non-hydrogen) atoms. The Balaban J connectivity index is 2.27. The van der Waals surface area contributed by atoms with E-state index in [2.05, 4.69) is 20.3 Å². The second kappa shape index (κ2) is 4.40. The van der Waals surface area contributed by atoms with Gasteiger partial charge in [-0.3, -0.25) is 0 Å². The van der Waals surface area contributed by atoms with Crippen molar-refractivity contribution < 1.29 is 10.2 Å². The first-order valence-electron chi connectivity index (χ1n) is 6.02. The lowest BCUT2D eigenvalue weighted by atomic mass is 10.2. The van der Waals surface area contributed by atoms with Gasteiger partial charge in [-0.1, -0.05) is 0 Å². The van der Waals surface area contributed by atoms with Gasteiger partial charge in [0.1, 0.15) is 23.5 Å². The number of aliphatic hydroxyl groups excluding tert-OH is 1. The normalized spacial score (nSPS) is 12.9. The van der Waals surface area contributed by atoms with Crippen molar-refractivity contribution in [3.8, 4) is 5.75 Å². The highest BCUT2D eigenvalue weighted by atomic mass is 16.3. The number of aromatic nitrogens is 3. The fraction of sp³-hybridized carbons (Fsp3) is 0.231. The predicted molar refractivity (Wildman–Crippen MR) is 73.2 cm³/mol. The van der Waals surface area contributed by atoms with Crippen LogP contribution in [0.15, 0.2) is 24.5 Å². The van der Waals surface area contributed by atoms with Crippen LogP contribution in [0.5, 0.6) is 5.75 Å². The number of benzene rings is 1. The molecule has 0 spiro atoms. The molecule has 4 N–H and O–H groups in total. The molecule has 0 amide bonds. The molecule has 1 unspecified atom stereocenters. The molecule has 1 atom stereocenters. The summed E-state index contributed by atoms with van der Waals surface area (Å²) in [4.78, 5) is 11.6. The fourth-order valence-corrected chi connectivity index (χ4v) is 2.10. The predicted octanol–water partition coefficient (Wildman–Crippen LogP) is 1.61. The average Bonchev–Trinajstić information content (AvgIpc) is 2.77. The Hall–Kier alpha value is -2.34. The van der Waals surface area contributed by atoms with Crippen LogP contribution in [-0.4, -0.2) is 37.8 Å². The van der Waals surface area contributed by atoms with Crippen LogP contribution in [0.25, 0.3) is 21.9 Å². The van der Waals surface area contributed by atoms with Crippen LogP contribution < -0.4 is 5.32 Å². The lowest BCUT2D eigenvalue weighted by Crippen LogP contribution is -2.20. The van der Waals surface area contributed by atoms with Crippen molar-refractivity contribution in [1.82, 2.24) is 15.0 Å². The monoisotopic (exact) mass is 258 g/mol. The SMILES string of the molecule is CC(CO)Nc1ncnc2[nH]c3ccc(O)cc3c12. The van der Waals surface area contributed by atoms with E-state index >= 15 is 0 Å². The molecule has 6 nitrogen and oxygen atoms in total. The zero-order valence-electron chi connectivity index (χ0n) is 10.4. The number of hydrogen-bond acceptors (Lipinski definition) is 5. The lowest BCUT2D eigenvalue weighted by Gasteiger charge is -2.11. The molecule has 0 radical (unpaired) electrons. The van der Waals surface area contributed by atoms with Gasteiger partial charge in [-0.05, 0) is 25.1 Å². The quantitative estimate of drug-likeness (QED) is 0.572. The highest BCUT2D eigenvalue weighted by Crippen LogP contribution is 2.31. The summed E-state index contributed by atoms with van der Waals surface area (Å²) in [5, 5.41) is 23.5. The van der Waals surface area contributed by atoms with Crippen LogP contribution in [0, 0.1) is 0 Å². The molecule has 2 aromatic heterocycles. The minimum Gasteiger partial charge on any atom is -0.508 e. The van der Waals surface area contributed by atoms with E-state index in [0.717, 1.165) is 16.3 Å². The van der Waals surface area contributed by atoms with E-state index < -0.39 is 0 Å². The number of H-pyrrole nitrogens is 1. The number of nitrogens with one attached hydrogen (secondary N) is 2. The average molecular weight is 258 g/mol. The van der Waals surface area contributed by atoms with Crippen LogP contribution in [0.2, 0.25) is 0 Å². The van der Waals surface area contributed by atoms with Crippen LogP contribution in [0.1, 0.15) is 6.92 Å². The van der Waals surface area contributed by atoms with E-state index in [9.17, 15) is 5.11 Å². The van der Waals surface area contributed by atoms with E-state index in [-0.39, 0.29) is 18.4 Å². The number of aromatic hydroxyl groups is 1. The summed E-state index contributed by atoms with van der Waals surface area (Å²) >= 11 is 0. The highest BCUT2D eigenvalue weighted by molar-refractivity contribution is 6.11. The molecule has 98 valence electrons. The number of aliphatic hydroxyl groups is 1. The van der Waals surface area contributed by atoms with Gasteiger partial charge in [-0.2, -0.15) is 0 Å². The summed E-state index contributed by atoms with van der Waals surface area (Å²) in [5.74, 6) is 0.835. The van der Waals surface area contributed by atoms with Gasteiger partial charge < -0.3 is 20.5 Å². The largest absolute Gasteiger partial charge is 0.508 e. The van der Waals surface area contributed by atoms with Crippen molar-refractivity contribution in [2.75, 3.05) is 11.9 Å². The van der Waals surface area contributed by atoms with Crippen LogP contribution in [0.3, 0.4) is 0 Å². The Bertz CT molecular complexity index is 738. The fourth-order valence-electron chi connectivity index (χ4n) is 2.10. The number of fused-ring (bicyclic) bond motifs is 3. The van der Waals surface area contributed by atoms with Gasteiger partial charge in [0.25, 0.3) is 0 Å². The molecule has 1 aromatic carbocycles. The van der Waals surface area contributed by atoms with E-state index in [4.69, 9.17) is 5.11 Å². The number of nitrogens with zero attached hydrogens (tertiary/aromatic N) is 2. The molecular weight excluding hydrogens is 244 g/mol. The van der Waals surface area contributed by atoms with E-state index in [1.54, 1.807) is 18.2 Å². The molecule has 0 bridgehead atoms. The standard InChI is InChI=1S/C13H14N4O2/c1-7(5-18)16-12-11-9-4-8(19)2-3-10(9)17-13(11)15-6-14-12/h2-4,6-7,18-19H,5H2,1H3,(H2,14,15,16,17). The molecule has 2 heterocycles. The van der Waals surface area contributed by atoms with Crippen molar-refractivity contribution in [3.63, 3.8) is 0 Å². The zero-order chi connectivity index (χ0) is 13.4. The molecule has 0 aliphatic rings. The molecule has 3 rings (SSSR count). The maximum atomic E-state index is 9.61. The third-order valence-electron chi connectivity index (χ3n) is 3.03. The second-order valence-electron chi connectivity index (χ2n) is 4.53. The van der Waals surface area contributed by atoms with Crippen molar-refractivity contribution in [2.24, 2.45) is 0 Å². The van der Waals surface area contributed by atoms with Crippen molar-refractivity contribution in [3.05, 3.63) is 24.5 Å². The summed E-state index contributed by atoms with van der Waals surface area (Å²) in [6.45, 7) is 1.87. The Morgan fingerprint density at radius 1 is 1.37 bits per heavy atom. The zero-order valence-corrected chi connectivity index (χ0v) is 10.4. The Kier molecular flexibility index (Phi) is 2.72. The molecule has 0 aliphatic carbocycles. The molecular formula is C13H14N4O2. The summed E-state index contributed by atoms with van der Waals surface area (Å²) in [7, 11) is 0.